The molecule has 4 nitrogen and oxygen atoms in total. The number of amides is 2. The van der Waals surface area contributed by atoms with Crippen molar-refractivity contribution in [2.45, 2.75) is 37.6 Å². The van der Waals surface area contributed by atoms with Crippen molar-refractivity contribution < 1.29 is 9.59 Å². The summed E-state index contributed by atoms with van der Waals surface area (Å²) in [5, 5.41) is 0. The lowest BCUT2D eigenvalue weighted by atomic mass is 9.97. The maximum Gasteiger partial charge on any atom is 0.247 e. The first kappa shape index (κ1) is 13.5. The summed E-state index contributed by atoms with van der Waals surface area (Å²) in [6.07, 6.45) is 0.732. The lowest BCUT2D eigenvalue weighted by molar-refractivity contribution is -0.156. The number of halogens is 1. The van der Waals surface area contributed by atoms with Crippen molar-refractivity contribution >= 4 is 27.7 Å². The van der Waals surface area contributed by atoms with E-state index >= 15 is 0 Å². The van der Waals surface area contributed by atoms with E-state index in [2.05, 4.69) is 15.9 Å². The molecule has 1 unspecified atom stereocenters. The van der Waals surface area contributed by atoms with Crippen LogP contribution in [0.2, 0.25) is 0 Å². The van der Waals surface area contributed by atoms with E-state index in [1.54, 1.807) is 30.7 Å². The number of carbonyl (C=O) groups excluding carboxylic acids is 2. The lowest BCUT2D eigenvalue weighted by Crippen LogP contribution is -2.64. The van der Waals surface area contributed by atoms with Gasteiger partial charge in [-0.25, -0.2) is 0 Å². The number of hydrogen-bond donors (Lipinski definition) is 0. The Labute approximate surface area is 105 Å². The molecule has 1 aliphatic heterocycles. The molecular formula is C11H19BrN2O2. The largest absolute Gasteiger partial charge is 0.342 e. The fourth-order valence-corrected chi connectivity index (χ4v) is 2.19. The molecule has 16 heavy (non-hydrogen) atoms. The summed E-state index contributed by atoms with van der Waals surface area (Å²) in [5.41, 5.74) is -0.731. The molecule has 1 atom stereocenters. The third kappa shape index (κ3) is 2.24. The molecule has 0 aromatic heterocycles. The highest BCUT2D eigenvalue weighted by atomic mass is 79.9. The first-order valence-electron chi connectivity index (χ1n) is 5.53. The number of piperazine rings is 1. The quantitative estimate of drug-likeness (QED) is 0.718. The zero-order valence-corrected chi connectivity index (χ0v) is 11.9. The average molecular weight is 291 g/mol. The SMILES string of the molecule is CCC(Br)C(=O)N1CCN(C)C(=O)C1(C)C. The van der Waals surface area contributed by atoms with Gasteiger partial charge in [-0.15, -0.1) is 0 Å². The zero-order chi connectivity index (χ0) is 12.5. The van der Waals surface area contributed by atoms with Crippen LogP contribution >= 0.6 is 15.9 Å². The number of likely N-dealkylation sites (N-methyl/N-ethyl adjacent to an activating group) is 1. The minimum Gasteiger partial charge on any atom is -0.342 e. The zero-order valence-electron chi connectivity index (χ0n) is 10.3. The van der Waals surface area contributed by atoms with Gasteiger partial charge in [-0.3, -0.25) is 9.59 Å². The normalized spacial score (nSPS) is 22.2. The highest BCUT2D eigenvalue weighted by molar-refractivity contribution is 9.10. The van der Waals surface area contributed by atoms with Crippen molar-refractivity contribution in [1.82, 2.24) is 9.80 Å². The third-order valence-electron chi connectivity index (χ3n) is 3.10. The monoisotopic (exact) mass is 290 g/mol. The van der Waals surface area contributed by atoms with E-state index in [4.69, 9.17) is 0 Å². The van der Waals surface area contributed by atoms with Gasteiger partial charge in [-0.05, 0) is 20.3 Å². The molecule has 0 N–H and O–H groups in total. The molecule has 2 amide bonds. The number of rotatable bonds is 2. The molecule has 0 bridgehead atoms. The molecule has 0 spiro atoms. The average Bonchev–Trinajstić information content (AvgIpc) is 2.24. The van der Waals surface area contributed by atoms with Crippen molar-refractivity contribution in [2.75, 3.05) is 20.1 Å². The molecule has 1 rings (SSSR count). The van der Waals surface area contributed by atoms with Crippen LogP contribution in [-0.4, -0.2) is 52.1 Å². The highest BCUT2D eigenvalue weighted by Gasteiger charge is 2.43. The first-order chi connectivity index (χ1) is 7.32. The summed E-state index contributed by atoms with van der Waals surface area (Å²) < 4.78 is 0. The molecular weight excluding hydrogens is 272 g/mol. The molecule has 1 fully saturated rings. The van der Waals surface area contributed by atoms with Crippen molar-refractivity contribution in [3.8, 4) is 0 Å². The predicted octanol–water partition coefficient (Wildman–Crippen LogP) is 1.24. The molecule has 0 aromatic rings. The molecule has 5 heteroatoms. The first-order valence-corrected chi connectivity index (χ1v) is 6.45. The second-order valence-corrected chi connectivity index (χ2v) is 5.76. The van der Waals surface area contributed by atoms with E-state index in [0.29, 0.717) is 13.1 Å². The second kappa shape index (κ2) is 4.73. The van der Waals surface area contributed by atoms with Gasteiger partial charge in [-0.1, -0.05) is 22.9 Å². The summed E-state index contributed by atoms with van der Waals surface area (Å²) in [6, 6.07) is 0. The summed E-state index contributed by atoms with van der Waals surface area (Å²) in [6.45, 7) is 6.77. The van der Waals surface area contributed by atoms with Crippen LogP contribution in [0.25, 0.3) is 0 Å². The number of alkyl halides is 1. The van der Waals surface area contributed by atoms with Crippen LogP contribution in [0.4, 0.5) is 0 Å². The third-order valence-corrected chi connectivity index (χ3v) is 4.14. The van der Waals surface area contributed by atoms with E-state index in [-0.39, 0.29) is 16.6 Å². The van der Waals surface area contributed by atoms with Crippen LogP contribution in [0, 0.1) is 0 Å². The Balaban J connectivity index is 2.90. The summed E-state index contributed by atoms with van der Waals surface area (Å²) >= 11 is 3.35. The van der Waals surface area contributed by atoms with E-state index in [0.717, 1.165) is 6.42 Å². The fourth-order valence-electron chi connectivity index (χ4n) is 1.94. The standard InChI is InChI=1S/C11H19BrN2O2/c1-5-8(12)9(15)14-7-6-13(4)10(16)11(14,2)3/h8H,5-7H2,1-4H3. The summed E-state index contributed by atoms with van der Waals surface area (Å²) in [7, 11) is 1.78. The van der Waals surface area contributed by atoms with Gasteiger partial charge in [0.25, 0.3) is 0 Å². The Kier molecular flexibility index (Phi) is 3.99. The van der Waals surface area contributed by atoms with E-state index in [1.807, 2.05) is 6.92 Å². The molecule has 0 radical (unpaired) electrons. The molecule has 1 saturated heterocycles. The van der Waals surface area contributed by atoms with Crippen molar-refractivity contribution in [3.05, 3.63) is 0 Å². The molecule has 0 aliphatic carbocycles. The van der Waals surface area contributed by atoms with Crippen LogP contribution in [0.15, 0.2) is 0 Å². The van der Waals surface area contributed by atoms with Gasteiger partial charge in [-0.2, -0.15) is 0 Å². The van der Waals surface area contributed by atoms with Gasteiger partial charge < -0.3 is 9.80 Å². The molecule has 92 valence electrons. The van der Waals surface area contributed by atoms with Crippen LogP contribution < -0.4 is 0 Å². The van der Waals surface area contributed by atoms with Gasteiger partial charge in [0, 0.05) is 20.1 Å². The van der Waals surface area contributed by atoms with Crippen molar-refractivity contribution in [3.63, 3.8) is 0 Å². The number of nitrogens with zero attached hydrogens (tertiary/aromatic N) is 2. The molecule has 0 aromatic carbocycles. The maximum atomic E-state index is 12.1. The van der Waals surface area contributed by atoms with Gasteiger partial charge in [0.2, 0.25) is 11.8 Å². The van der Waals surface area contributed by atoms with Gasteiger partial charge >= 0.3 is 0 Å². The van der Waals surface area contributed by atoms with Crippen molar-refractivity contribution in [1.29, 1.82) is 0 Å². The Morgan fingerprint density at radius 3 is 2.56 bits per heavy atom. The minimum atomic E-state index is -0.731. The Morgan fingerprint density at radius 1 is 1.50 bits per heavy atom. The minimum absolute atomic E-state index is 0.00269. The summed E-state index contributed by atoms with van der Waals surface area (Å²) in [4.78, 5) is 27.3. The predicted molar refractivity (Wildman–Crippen MR) is 66.4 cm³/mol. The van der Waals surface area contributed by atoms with Crippen LogP contribution in [0.5, 0.6) is 0 Å². The Morgan fingerprint density at radius 2 is 2.06 bits per heavy atom. The van der Waals surface area contributed by atoms with Gasteiger partial charge in [0.1, 0.15) is 5.54 Å². The summed E-state index contributed by atoms with van der Waals surface area (Å²) in [5.74, 6) is 0.0110. The van der Waals surface area contributed by atoms with Crippen LogP contribution in [0.1, 0.15) is 27.2 Å². The van der Waals surface area contributed by atoms with E-state index in [9.17, 15) is 9.59 Å². The molecule has 1 aliphatic rings. The maximum absolute atomic E-state index is 12.1. The second-order valence-electron chi connectivity index (χ2n) is 4.65. The Hall–Kier alpha value is -0.580. The van der Waals surface area contributed by atoms with Gasteiger partial charge in [0.15, 0.2) is 0 Å². The van der Waals surface area contributed by atoms with Crippen molar-refractivity contribution in [2.24, 2.45) is 0 Å². The molecule has 0 saturated carbocycles. The van der Waals surface area contributed by atoms with Gasteiger partial charge in [0.05, 0.1) is 4.83 Å². The topological polar surface area (TPSA) is 40.6 Å². The smallest absolute Gasteiger partial charge is 0.247 e. The van der Waals surface area contributed by atoms with Crippen LogP contribution in [0.3, 0.4) is 0 Å². The Bertz CT molecular complexity index is 304. The lowest BCUT2D eigenvalue weighted by Gasteiger charge is -2.45. The number of hydrogen-bond acceptors (Lipinski definition) is 2. The van der Waals surface area contributed by atoms with E-state index in [1.165, 1.54) is 0 Å². The highest BCUT2D eigenvalue weighted by Crippen LogP contribution is 2.24. The van der Waals surface area contributed by atoms with E-state index < -0.39 is 5.54 Å². The molecule has 1 heterocycles. The number of carbonyl (C=O) groups is 2. The fraction of sp³-hybridized carbons (Fsp3) is 0.818. The van der Waals surface area contributed by atoms with Crippen LogP contribution in [-0.2, 0) is 9.59 Å².